The Bertz CT molecular complexity index is 682. The first kappa shape index (κ1) is 10.6. The smallest absolute Gasteiger partial charge is 0.182 e. The summed E-state index contributed by atoms with van der Waals surface area (Å²) in [6.45, 7) is 0.242. The highest BCUT2D eigenvalue weighted by atomic mass is 19.1. The number of pyridine rings is 2. The van der Waals surface area contributed by atoms with Crippen LogP contribution in [0.3, 0.4) is 0 Å². The molecule has 0 aromatic carbocycles. The number of hydrogen-bond acceptors (Lipinski definition) is 5. The molecule has 3 aromatic heterocycles. The van der Waals surface area contributed by atoms with E-state index < -0.39 is 0 Å². The quantitative estimate of drug-likeness (QED) is 0.766. The van der Waals surface area contributed by atoms with Gasteiger partial charge in [-0.2, -0.15) is 0 Å². The van der Waals surface area contributed by atoms with E-state index in [1.807, 2.05) is 0 Å². The van der Waals surface area contributed by atoms with E-state index in [4.69, 9.17) is 4.42 Å². The Morgan fingerprint density at radius 1 is 1.17 bits per heavy atom. The summed E-state index contributed by atoms with van der Waals surface area (Å²) >= 11 is 0. The van der Waals surface area contributed by atoms with Crippen LogP contribution in [0.1, 0.15) is 5.69 Å². The lowest BCUT2D eigenvalue weighted by Crippen LogP contribution is -2.05. The number of nitrogens with zero attached hydrogens (tertiary/aromatic N) is 3. The molecule has 6 heteroatoms. The Balaban J connectivity index is 1.85. The van der Waals surface area contributed by atoms with Gasteiger partial charge in [0.25, 0.3) is 0 Å². The molecule has 18 heavy (non-hydrogen) atoms. The highest BCUT2D eigenvalue weighted by Crippen LogP contribution is 2.19. The average Bonchev–Trinajstić information content (AvgIpc) is 2.86. The summed E-state index contributed by atoms with van der Waals surface area (Å²) in [6, 6.07) is 4.64. The van der Waals surface area contributed by atoms with Crippen molar-refractivity contribution in [2.24, 2.45) is 0 Å². The largest absolute Gasteiger partial charge is 0.443 e. The molecule has 90 valence electrons. The third kappa shape index (κ3) is 1.88. The predicted molar refractivity (Wildman–Crippen MR) is 63.3 cm³/mol. The molecule has 3 aromatic rings. The van der Waals surface area contributed by atoms with Crippen molar-refractivity contribution in [3.63, 3.8) is 0 Å². The number of halogens is 1. The molecule has 0 bridgehead atoms. The molecule has 0 saturated heterocycles. The van der Waals surface area contributed by atoms with Crippen molar-refractivity contribution >= 4 is 16.9 Å². The Morgan fingerprint density at radius 2 is 2.11 bits per heavy atom. The molecule has 0 unspecified atom stereocenters. The summed E-state index contributed by atoms with van der Waals surface area (Å²) in [5.41, 5.74) is 1.59. The third-order valence-corrected chi connectivity index (χ3v) is 2.51. The normalized spacial score (nSPS) is 10.7. The standard InChI is InChI=1S/C12H9FN4O/c13-8-2-1-4-14-9(8)6-16-12-11-10(3-5-15-12)18-7-17-11/h1-5,7H,6H2,(H,15,16). The first-order valence-corrected chi connectivity index (χ1v) is 5.36. The molecule has 0 atom stereocenters. The zero-order chi connectivity index (χ0) is 12.4. The number of oxazole rings is 1. The molecule has 0 fully saturated rings. The van der Waals surface area contributed by atoms with Crippen LogP contribution in [0.2, 0.25) is 0 Å². The van der Waals surface area contributed by atoms with Crippen molar-refractivity contribution in [2.45, 2.75) is 6.54 Å². The minimum absolute atomic E-state index is 0.242. The molecular formula is C12H9FN4O. The van der Waals surface area contributed by atoms with E-state index in [0.717, 1.165) is 0 Å². The molecule has 5 nitrogen and oxygen atoms in total. The second kappa shape index (κ2) is 4.40. The van der Waals surface area contributed by atoms with Gasteiger partial charge in [0.15, 0.2) is 23.3 Å². The van der Waals surface area contributed by atoms with Crippen molar-refractivity contribution in [3.8, 4) is 0 Å². The zero-order valence-corrected chi connectivity index (χ0v) is 9.30. The first-order chi connectivity index (χ1) is 8.84. The second-order valence-corrected chi connectivity index (χ2v) is 3.64. The van der Waals surface area contributed by atoms with Gasteiger partial charge in [-0.25, -0.2) is 14.4 Å². The SMILES string of the molecule is Fc1cccnc1CNc1nccc2ocnc12. The van der Waals surface area contributed by atoms with E-state index in [2.05, 4.69) is 20.3 Å². The summed E-state index contributed by atoms with van der Waals surface area (Å²) in [5.74, 6) is 0.198. The van der Waals surface area contributed by atoms with Crippen LogP contribution in [0.5, 0.6) is 0 Å². The average molecular weight is 244 g/mol. The van der Waals surface area contributed by atoms with E-state index >= 15 is 0 Å². The van der Waals surface area contributed by atoms with Gasteiger partial charge in [-0.05, 0) is 12.1 Å². The summed E-state index contributed by atoms with van der Waals surface area (Å²) in [7, 11) is 0. The molecule has 3 rings (SSSR count). The summed E-state index contributed by atoms with van der Waals surface area (Å²) in [5, 5.41) is 2.99. The fourth-order valence-electron chi connectivity index (χ4n) is 1.64. The molecule has 0 aliphatic heterocycles. The van der Waals surface area contributed by atoms with Gasteiger partial charge in [-0.1, -0.05) is 0 Å². The van der Waals surface area contributed by atoms with Crippen LogP contribution in [0.15, 0.2) is 41.4 Å². The van der Waals surface area contributed by atoms with Crippen LogP contribution in [-0.4, -0.2) is 15.0 Å². The number of rotatable bonds is 3. The molecule has 0 aliphatic carbocycles. The Labute approximate surface area is 102 Å². The number of nitrogens with one attached hydrogen (secondary N) is 1. The summed E-state index contributed by atoms with van der Waals surface area (Å²) in [6.07, 6.45) is 4.49. The topological polar surface area (TPSA) is 63.8 Å². The van der Waals surface area contributed by atoms with Gasteiger partial charge >= 0.3 is 0 Å². The van der Waals surface area contributed by atoms with Crippen molar-refractivity contribution < 1.29 is 8.81 Å². The molecule has 0 aliphatic rings. The molecular weight excluding hydrogens is 235 g/mol. The van der Waals surface area contributed by atoms with Crippen molar-refractivity contribution in [1.82, 2.24) is 15.0 Å². The van der Waals surface area contributed by atoms with Crippen molar-refractivity contribution in [1.29, 1.82) is 0 Å². The monoisotopic (exact) mass is 244 g/mol. The Hall–Kier alpha value is -2.50. The maximum absolute atomic E-state index is 13.4. The van der Waals surface area contributed by atoms with E-state index in [9.17, 15) is 4.39 Å². The lowest BCUT2D eigenvalue weighted by atomic mass is 10.3. The zero-order valence-electron chi connectivity index (χ0n) is 9.30. The fraction of sp³-hybridized carbons (Fsp3) is 0.0833. The Kier molecular flexibility index (Phi) is 2.60. The highest BCUT2D eigenvalue weighted by molar-refractivity contribution is 5.83. The molecule has 1 N–H and O–H groups in total. The second-order valence-electron chi connectivity index (χ2n) is 3.64. The molecule has 3 heterocycles. The van der Waals surface area contributed by atoms with E-state index in [1.54, 1.807) is 24.5 Å². The molecule has 0 saturated carbocycles. The van der Waals surface area contributed by atoms with E-state index in [0.29, 0.717) is 22.6 Å². The minimum atomic E-state index is -0.350. The lowest BCUT2D eigenvalue weighted by molar-refractivity contribution is 0.602. The summed E-state index contributed by atoms with van der Waals surface area (Å²) < 4.78 is 18.5. The van der Waals surface area contributed by atoms with Crippen LogP contribution in [-0.2, 0) is 6.54 Å². The maximum Gasteiger partial charge on any atom is 0.182 e. The molecule has 0 radical (unpaired) electrons. The van der Waals surface area contributed by atoms with Gasteiger partial charge < -0.3 is 9.73 Å². The minimum Gasteiger partial charge on any atom is -0.443 e. The van der Waals surface area contributed by atoms with Gasteiger partial charge in [-0.15, -0.1) is 0 Å². The predicted octanol–water partition coefficient (Wildman–Crippen LogP) is 2.37. The van der Waals surface area contributed by atoms with E-state index in [1.165, 1.54) is 12.5 Å². The summed E-state index contributed by atoms with van der Waals surface area (Å²) in [4.78, 5) is 12.1. The number of fused-ring (bicyclic) bond motifs is 1. The molecule has 0 spiro atoms. The van der Waals surface area contributed by atoms with Gasteiger partial charge in [0, 0.05) is 18.5 Å². The third-order valence-electron chi connectivity index (χ3n) is 2.51. The Morgan fingerprint density at radius 3 is 3.00 bits per heavy atom. The van der Waals surface area contributed by atoms with Crippen LogP contribution in [0, 0.1) is 5.82 Å². The fourth-order valence-corrected chi connectivity index (χ4v) is 1.64. The highest BCUT2D eigenvalue weighted by Gasteiger charge is 2.07. The maximum atomic E-state index is 13.4. The van der Waals surface area contributed by atoms with Crippen molar-refractivity contribution in [2.75, 3.05) is 5.32 Å². The lowest BCUT2D eigenvalue weighted by Gasteiger charge is -2.05. The van der Waals surface area contributed by atoms with Crippen LogP contribution >= 0.6 is 0 Å². The van der Waals surface area contributed by atoms with Crippen LogP contribution in [0.25, 0.3) is 11.1 Å². The van der Waals surface area contributed by atoms with Crippen LogP contribution < -0.4 is 5.32 Å². The first-order valence-electron chi connectivity index (χ1n) is 5.36. The molecule has 0 amide bonds. The van der Waals surface area contributed by atoms with Crippen molar-refractivity contribution in [3.05, 3.63) is 48.5 Å². The van der Waals surface area contributed by atoms with Gasteiger partial charge in [0.2, 0.25) is 0 Å². The van der Waals surface area contributed by atoms with Crippen LogP contribution in [0.4, 0.5) is 10.2 Å². The van der Waals surface area contributed by atoms with Gasteiger partial charge in [0.1, 0.15) is 5.82 Å². The number of aromatic nitrogens is 3. The number of hydrogen-bond donors (Lipinski definition) is 1. The number of anilines is 1. The van der Waals surface area contributed by atoms with Gasteiger partial charge in [-0.3, -0.25) is 4.98 Å². The van der Waals surface area contributed by atoms with E-state index in [-0.39, 0.29) is 12.4 Å². The van der Waals surface area contributed by atoms with Gasteiger partial charge in [0.05, 0.1) is 12.2 Å².